The van der Waals surface area contributed by atoms with Gasteiger partial charge in [-0.1, -0.05) is 63.0 Å². The second-order valence-electron chi connectivity index (χ2n) is 5.03. The minimum atomic E-state index is -0.201. The van der Waals surface area contributed by atoms with E-state index in [0.29, 0.717) is 17.7 Å². The van der Waals surface area contributed by atoms with E-state index in [1.54, 1.807) is 12.1 Å². The summed E-state index contributed by atoms with van der Waals surface area (Å²) in [6, 6.07) is 7.22. The molecule has 0 saturated heterocycles. The maximum atomic E-state index is 12.1. The van der Waals surface area contributed by atoms with Gasteiger partial charge in [-0.15, -0.1) is 0 Å². The standard InChI is InChI=1S/C18H25NO2/c1-2-3-4-5-6-9-14-19-18(21)17-13-8-7-11-16(17)12-10-15-20/h7-8,11,13,20H,2-6,9,14-15H2,1H3,(H,19,21). The van der Waals surface area contributed by atoms with Crippen molar-refractivity contribution in [3.8, 4) is 11.8 Å². The Labute approximate surface area is 127 Å². The van der Waals surface area contributed by atoms with Crippen LogP contribution in [0.1, 0.15) is 61.4 Å². The number of benzene rings is 1. The first-order chi connectivity index (χ1) is 10.3. The van der Waals surface area contributed by atoms with Crippen LogP contribution in [0.5, 0.6) is 0 Å². The van der Waals surface area contributed by atoms with Gasteiger partial charge in [0, 0.05) is 12.1 Å². The van der Waals surface area contributed by atoms with Crippen LogP contribution in [0.4, 0.5) is 0 Å². The molecule has 0 spiro atoms. The lowest BCUT2D eigenvalue weighted by atomic mass is 10.1. The van der Waals surface area contributed by atoms with E-state index in [4.69, 9.17) is 5.11 Å². The van der Waals surface area contributed by atoms with Gasteiger partial charge in [0.15, 0.2) is 0 Å². The number of carbonyl (C=O) groups is 1. The van der Waals surface area contributed by atoms with E-state index in [1.165, 1.54) is 25.7 Å². The molecular weight excluding hydrogens is 262 g/mol. The number of amides is 1. The highest BCUT2D eigenvalue weighted by Crippen LogP contribution is 2.08. The van der Waals surface area contributed by atoms with Gasteiger partial charge in [-0.3, -0.25) is 4.79 Å². The highest BCUT2D eigenvalue weighted by atomic mass is 16.2. The van der Waals surface area contributed by atoms with Crippen molar-refractivity contribution in [3.05, 3.63) is 35.4 Å². The molecule has 0 unspecified atom stereocenters. The fraction of sp³-hybridized carbons (Fsp3) is 0.500. The van der Waals surface area contributed by atoms with E-state index < -0.39 is 0 Å². The van der Waals surface area contributed by atoms with Gasteiger partial charge in [0.05, 0.1) is 5.56 Å². The second-order valence-corrected chi connectivity index (χ2v) is 5.03. The molecule has 0 heterocycles. The normalized spacial score (nSPS) is 9.81. The number of unbranched alkanes of at least 4 members (excludes halogenated alkanes) is 5. The van der Waals surface area contributed by atoms with Crippen molar-refractivity contribution in [1.82, 2.24) is 5.32 Å². The molecule has 1 aromatic carbocycles. The summed E-state index contributed by atoms with van der Waals surface area (Å²) in [5.74, 6) is 5.30. The van der Waals surface area contributed by atoms with Crippen LogP contribution in [0.3, 0.4) is 0 Å². The highest BCUT2D eigenvalue weighted by molar-refractivity contribution is 5.96. The Hall–Kier alpha value is -1.79. The first-order valence-corrected chi connectivity index (χ1v) is 7.76. The van der Waals surface area contributed by atoms with Crippen molar-refractivity contribution in [3.63, 3.8) is 0 Å². The Balaban J connectivity index is 2.38. The summed E-state index contributed by atoms with van der Waals surface area (Å²) in [6.07, 6.45) is 7.24. The van der Waals surface area contributed by atoms with E-state index in [0.717, 1.165) is 12.8 Å². The maximum Gasteiger partial charge on any atom is 0.252 e. The molecule has 0 fully saturated rings. The smallest absolute Gasteiger partial charge is 0.252 e. The van der Waals surface area contributed by atoms with Crippen LogP contribution in [0.2, 0.25) is 0 Å². The van der Waals surface area contributed by atoms with Gasteiger partial charge >= 0.3 is 0 Å². The lowest BCUT2D eigenvalue weighted by Crippen LogP contribution is -2.25. The monoisotopic (exact) mass is 287 g/mol. The van der Waals surface area contributed by atoms with Crippen LogP contribution in [-0.2, 0) is 0 Å². The van der Waals surface area contributed by atoms with Crippen LogP contribution in [0.25, 0.3) is 0 Å². The average molecular weight is 287 g/mol. The van der Waals surface area contributed by atoms with Gasteiger partial charge in [0.1, 0.15) is 6.61 Å². The fourth-order valence-electron chi connectivity index (χ4n) is 2.13. The van der Waals surface area contributed by atoms with Crippen molar-refractivity contribution in [2.24, 2.45) is 0 Å². The third-order valence-corrected chi connectivity index (χ3v) is 3.29. The Morgan fingerprint density at radius 2 is 1.86 bits per heavy atom. The van der Waals surface area contributed by atoms with E-state index in [9.17, 15) is 4.79 Å². The zero-order valence-electron chi connectivity index (χ0n) is 12.8. The summed E-state index contributed by atoms with van der Waals surface area (Å²) in [6.45, 7) is 2.71. The lowest BCUT2D eigenvalue weighted by Gasteiger charge is -2.07. The summed E-state index contributed by atoms with van der Waals surface area (Å²) in [4.78, 5) is 12.1. The number of hydrogen-bond acceptors (Lipinski definition) is 2. The molecule has 1 aromatic rings. The van der Waals surface area contributed by atoms with Crippen LogP contribution in [0.15, 0.2) is 24.3 Å². The van der Waals surface area contributed by atoms with E-state index in [2.05, 4.69) is 24.1 Å². The van der Waals surface area contributed by atoms with Gasteiger partial charge in [-0.25, -0.2) is 0 Å². The third-order valence-electron chi connectivity index (χ3n) is 3.29. The molecule has 0 saturated carbocycles. The first kappa shape index (κ1) is 17.3. The van der Waals surface area contributed by atoms with Crippen molar-refractivity contribution < 1.29 is 9.90 Å². The third kappa shape index (κ3) is 6.97. The zero-order valence-corrected chi connectivity index (χ0v) is 12.8. The first-order valence-electron chi connectivity index (χ1n) is 7.76. The molecule has 0 atom stereocenters. The molecule has 21 heavy (non-hydrogen) atoms. The molecule has 0 aliphatic rings. The van der Waals surface area contributed by atoms with Crippen molar-refractivity contribution in [1.29, 1.82) is 0 Å². The Kier molecular flexibility index (Phi) is 8.99. The number of carbonyl (C=O) groups excluding carboxylic acids is 1. The second kappa shape index (κ2) is 10.9. The Morgan fingerprint density at radius 1 is 1.14 bits per heavy atom. The number of rotatable bonds is 8. The summed E-state index contributed by atoms with van der Waals surface area (Å²) < 4.78 is 0. The van der Waals surface area contributed by atoms with Gasteiger partial charge in [0.25, 0.3) is 5.91 Å². The van der Waals surface area contributed by atoms with Crippen LogP contribution < -0.4 is 5.32 Å². The molecule has 0 aromatic heterocycles. The molecule has 0 aliphatic heterocycles. The molecule has 3 nitrogen and oxygen atoms in total. The largest absolute Gasteiger partial charge is 0.384 e. The molecule has 1 amide bonds. The molecule has 0 aliphatic carbocycles. The predicted molar refractivity (Wildman–Crippen MR) is 86.1 cm³/mol. The average Bonchev–Trinajstić information content (AvgIpc) is 2.52. The minimum Gasteiger partial charge on any atom is -0.384 e. The van der Waals surface area contributed by atoms with Gasteiger partial charge in [0.2, 0.25) is 0 Å². The van der Waals surface area contributed by atoms with Crippen molar-refractivity contribution in [2.45, 2.75) is 45.4 Å². The SMILES string of the molecule is CCCCCCCCNC(=O)c1ccccc1C#CCO. The number of hydrogen-bond donors (Lipinski definition) is 2. The molecule has 3 heteroatoms. The van der Waals surface area contributed by atoms with Crippen LogP contribution in [0, 0.1) is 11.8 Å². The fourth-order valence-corrected chi connectivity index (χ4v) is 2.13. The Morgan fingerprint density at radius 3 is 2.62 bits per heavy atom. The molecule has 114 valence electrons. The van der Waals surface area contributed by atoms with Crippen LogP contribution in [-0.4, -0.2) is 24.2 Å². The number of nitrogens with one attached hydrogen (secondary N) is 1. The topological polar surface area (TPSA) is 49.3 Å². The molecule has 0 radical (unpaired) electrons. The van der Waals surface area contributed by atoms with E-state index in [-0.39, 0.29) is 12.5 Å². The maximum absolute atomic E-state index is 12.1. The van der Waals surface area contributed by atoms with Gasteiger partial charge in [-0.05, 0) is 18.6 Å². The number of aliphatic hydroxyl groups excluding tert-OH is 1. The van der Waals surface area contributed by atoms with E-state index >= 15 is 0 Å². The van der Waals surface area contributed by atoms with E-state index in [1.807, 2.05) is 12.1 Å². The van der Waals surface area contributed by atoms with Gasteiger partial charge in [-0.2, -0.15) is 0 Å². The minimum absolute atomic E-state index is 0.0913. The molecular formula is C18H25NO2. The molecule has 1 rings (SSSR count). The summed E-state index contributed by atoms with van der Waals surface area (Å²) in [5, 5.41) is 11.7. The van der Waals surface area contributed by atoms with Crippen molar-refractivity contribution >= 4 is 5.91 Å². The predicted octanol–water partition coefficient (Wildman–Crippen LogP) is 3.12. The lowest BCUT2D eigenvalue weighted by molar-refractivity contribution is 0.0952. The summed E-state index contributed by atoms with van der Waals surface area (Å²) >= 11 is 0. The quantitative estimate of drug-likeness (QED) is 0.570. The zero-order chi connectivity index (χ0) is 15.3. The Bertz CT molecular complexity index is 485. The number of aliphatic hydroxyl groups is 1. The van der Waals surface area contributed by atoms with Gasteiger partial charge < -0.3 is 10.4 Å². The van der Waals surface area contributed by atoms with Crippen molar-refractivity contribution in [2.75, 3.05) is 13.2 Å². The highest BCUT2D eigenvalue weighted by Gasteiger charge is 2.08. The molecule has 2 N–H and O–H groups in total. The summed E-state index contributed by atoms with van der Waals surface area (Å²) in [7, 11) is 0. The van der Waals surface area contributed by atoms with Crippen LogP contribution >= 0.6 is 0 Å². The molecule has 0 bridgehead atoms. The summed E-state index contributed by atoms with van der Waals surface area (Å²) in [5.41, 5.74) is 1.23.